The Hall–Kier alpha value is -1.82. The fourth-order valence-corrected chi connectivity index (χ4v) is 1.24. The van der Waals surface area contributed by atoms with Crippen molar-refractivity contribution in [2.75, 3.05) is 0 Å². The Morgan fingerprint density at radius 1 is 1.44 bits per heavy atom. The van der Waals surface area contributed by atoms with E-state index in [2.05, 4.69) is 23.7 Å². The lowest BCUT2D eigenvalue weighted by Crippen LogP contribution is -2.00. The van der Waals surface area contributed by atoms with E-state index in [1.165, 1.54) is 18.9 Å². The van der Waals surface area contributed by atoms with Gasteiger partial charge in [0.15, 0.2) is 0 Å². The minimum absolute atomic E-state index is 0.0420. The average molecular weight is 217 g/mol. The molecule has 0 fully saturated rings. The van der Waals surface area contributed by atoms with E-state index in [1.54, 1.807) is 12.1 Å². The Balaban J connectivity index is 2.59. The minimum atomic E-state index is -1.02. The van der Waals surface area contributed by atoms with Crippen LogP contribution in [0.5, 0.6) is 0 Å². The van der Waals surface area contributed by atoms with Crippen LogP contribution in [-0.4, -0.2) is 16.1 Å². The molecule has 0 aromatic carbocycles. The maximum absolute atomic E-state index is 10.7. The largest absolute Gasteiger partial charge is 0.477 e. The topological polar surface area (TPSA) is 50.2 Å². The number of hydrogen-bond donors (Lipinski definition) is 1. The predicted octanol–water partition coefficient (Wildman–Crippen LogP) is 2.71. The van der Waals surface area contributed by atoms with E-state index in [4.69, 9.17) is 5.11 Å². The Kier molecular flexibility index (Phi) is 5.07. The van der Waals surface area contributed by atoms with Gasteiger partial charge >= 0.3 is 5.97 Å². The summed E-state index contributed by atoms with van der Waals surface area (Å²) in [4.78, 5) is 14.6. The molecule has 84 valence electrons. The van der Waals surface area contributed by atoms with Crippen molar-refractivity contribution in [3.8, 4) is 11.8 Å². The lowest BCUT2D eigenvalue weighted by molar-refractivity contribution is 0.0690. The summed E-state index contributed by atoms with van der Waals surface area (Å²) in [5, 5.41) is 8.74. The third-order valence-electron chi connectivity index (χ3n) is 2.09. The average Bonchev–Trinajstić information content (AvgIpc) is 2.29. The minimum Gasteiger partial charge on any atom is -0.477 e. The summed E-state index contributed by atoms with van der Waals surface area (Å²) >= 11 is 0. The van der Waals surface area contributed by atoms with Crippen molar-refractivity contribution in [3.63, 3.8) is 0 Å². The Morgan fingerprint density at radius 2 is 2.25 bits per heavy atom. The predicted molar refractivity (Wildman–Crippen MR) is 62.2 cm³/mol. The van der Waals surface area contributed by atoms with Crippen LogP contribution in [0.25, 0.3) is 0 Å². The van der Waals surface area contributed by atoms with Crippen molar-refractivity contribution in [1.29, 1.82) is 0 Å². The Bertz CT molecular complexity index is 415. The van der Waals surface area contributed by atoms with Crippen molar-refractivity contribution >= 4 is 5.97 Å². The van der Waals surface area contributed by atoms with E-state index in [0.717, 1.165) is 12.8 Å². The van der Waals surface area contributed by atoms with Crippen LogP contribution in [0.2, 0.25) is 0 Å². The molecule has 1 rings (SSSR count). The molecule has 3 heteroatoms. The second-order valence-corrected chi connectivity index (χ2v) is 3.47. The molecule has 0 bridgehead atoms. The standard InChI is InChI=1S/C13H15NO2/c1-2-3-4-5-6-8-11-9-7-10-12(14-11)13(15)16/h7,9-10H,2-5H2,1H3,(H,15,16). The number of carboxylic acid groups (broad SMARTS) is 1. The van der Waals surface area contributed by atoms with Crippen LogP contribution in [0.4, 0.5) is 0 Å². The number of nitrogens with zero attached hydrogens (tertiary/aromatic N) is 1. The number of carbonyl (C=O) groups is 1. The Morgan fingerprint density at radius 3 is 2.94 bits per heavy atom. The van der Waals surface area contributed by atoms with Crippen molar-refractivity contribution in [2.45, 2.75) is 32.6 Å². The first-order chi connectivity index (χ1) is 7.74. The molecular formula is C13H15NO2. The molecule has 0 unspecified atom stereocenters. The fourth-order valence-electron chi connectivity index (χ4n) is 1.24. The highest BCUT2D eigenvalue weighted by Gasteiger charge is 2.02. The number of aromatic nitrogens is 1. The monoisotopic (exact) mass is 217 g/mol. The molecule has 0 amide bonds. The number of hydrogen-bond acceptors (Lipinski definition) is 2. The van der Waals surface area contributed by atoms with Crippen molar-refractivity contribution in [1.82, 2.24) is 4.98 Å². The van der Waals surface area contributed by atoms with Gasteiger partial charge in [0.1, 0.15) is 11.4 Å². The molecule has 0 saturated heterocycles. The van der Waals surface area contributed by atoms with E-state index in [9.17, 15) is 4.79 Å². The van der Waals surface area contributed by atoms with Crippen molar-refractivity contribution in [2.24, 2.45) is 0 Å². The second kappa shape index (κ2) is 6.62. The van der Waals surface area contributed by atoms with E-state index < -0.39 is 5.97 Å². The van der Waals surface area contributed by atoms with Gasteiger partial charge in [-0.1, -0.05) is 31.8 Å². The molecule has 0 atom stereocenters. The van der Waals surface area contributed by atoms with Gasteiger partial charge in [0.05, 0.1) is 0 Å². The molecule has 3 nitrogen and oxygen atoms in total. The lowest BCUT2D eigenvalue weighted by Gasteiger charge is -1.93. The summed E-state index contributed by atoms with van der Waals surface area (Å²) < 4.78 is 0. The summed E-state index contributed by atoms with van der Waals surface area (Å²) in [5.74, 6) is 4.85. The van der Waals surface area contributed by atoms with Crippen molar-refractivity contribution < 1.29 is 9.90 Å². The zero-order chi connectivity index (χ0) is 11.8. The molecule has 0 aliphatic rings. The van der Waals surface area contributed by atoms with Gasteiger partial charge < -0.3 is 5.11 Å². The first kappa shape index (κ1) is 12.3. The normalized spacial score (nSPS) is 9.31. The number of pyridine rings is 1. The van der Waals surface area contributed by atoms with E-state index in [-0.39, 0.29) is 5.69 Å². The summed E-state index contributed by atoms with van der Waals surface area (Å²) in [5.41, 5.74) is 0.566. The van der Waals surface area contributed by atoms with Gasteiger partial charge in [-0.3, -0.25) is 0 Å². The zero-order valence-corrected chi connectivity index (χ0v) is 9.36. The highest BCUT2D eigenvalue weighted by Crippen LogP contribution is 2.00. The van der Waals surface area contributed by atoms with Gasteiger partial charge in [0.25, 0.3) is 0 Å². The van der Waals surface area contributed by atoms with E-state index >= 15 is 0 Å². The van der Waals surface area contributed by atoms with Crippen LogP contribution >= 0.6 is 0 Å². The number of aromatic carboxylic acids is 1. The van der Waals surface area contributed by atoms with Crippen LogP contribution < -0.4 is 0 Å². The fraction of sp³-hybridized carbons (Fsp3) is 0.385. The molecule has 1 aromatic heterocycles. The maximum Gasteiger partial charge on any atom is 0.354 e. The molecule has 1 aromatic rings. The quantitative estimate of drug-likeness (QED) is 0.623. The first-order valence-corrected chi connectivity index (χ1v) is 5.43. The summed E-state index contributed by atoms with van der Waals surface area (Å²) in [6, 6.07) is 4.84. The highest BCUT2D eigenvalue weighted by molar-refractivity contribution is 5.85. The molecule has 0 saturated carbocycles. The van der Waals surface area contributed by atoms with Crippen LogP contribution in [-0.2, 0) is 0 Å². The van der Waals surface area contributed by atoms with Gasteiger partial charge in [0, 0.05) is 6.42 Å². The maximum atomic E-state index is 10.7. The van der Waals surface area contributed by atoms with Gasteiger partial charge in [-0.15, -0.1) is 0 Å². The van der Waals surface area contributed by atoms with Gasteiger partial charge in [-0.05, 0) is 24.5 Å². The highest BCUT2D eigenvalue weighted by atomic mass is 16.4. The molecule has 16 heavy (non-hydrogen) atoms. The molecule has 1 heterocycles. The third kappa shape index (κ3) is 4.14. The van der Waals surface area contributed by atoms with E-state index in [1.807, 2.05) is 0 Å². The smallest absolute Gasteiger partial charge is 0.354 e. The third-order valence-corrected chi connectivity index (χ3v) is 2.09. The Labute approximate surface area is 95.5 Å². The number of rotatable bonds is 4. The first-order valence-electron chi connectivity index (χ1n) is 5.43. The van der Waals surface area contributed by atoms with Gasteiger partial charge in [0.2, 0.25) is 0 Å². The van der Waals surface area contributed by atoms with Crippen LogP contribution in [0, 0.1) is 11.8 Å². The molecule has 1 N–H and O–H groups in total. The molecule has 0 aliphatic heterocycles. The summed E-state index contributed by atoms with van der Waals surface area (Å²) in [7, 11) is 0. The zero-order valence-electron chi connectivity index (χ0n) is 9.36. The molecule has 0 aliphatic carbocycles. The number of unbranched alkanes of at least 4 members (excludes halogenated alkanes) is 3. The van der Waals surface area contributed by atoms with Gasteiger partial charge in [-0.2, -0.15) is 0 Å². The molecular weight excluding hydrogens is 202 g/mol. The van der Waals surface area contributed by atoms with Crippen molar-refractivity contribution in [3.05, 3.63) is 29.6 Å². The van der Waals surface area contributed by atoms with Gasteiger partial charge in [-0.25, -0.2) is 9.78 Å². The molecule has 0 spiro atoms. The SMILES string of the molecule is CCCCCC#Cc1cccc(C(=O)O)n1. The van der Waals surface area contributed by atoms with Crippen LogP contribution in [0.3, 0.4) is 0 Å². The van der Waals surface area contributed by atoms with Crippen LogP contribution in [0.1, 0.15) is 48.8 Å². The molecule has 0 radical (unpaired) electrons. The lowest BCUT2D eigenvalue weighted by atomic mass is 10.2. The van der Waals surface area contributed by atoms with E-state index in [0.29, 0.717) is 5.69 Å². The van der Waals surface area contributed by atoms with Crippen LogP contribution in [0.15, 0.2) is 18.2 Å². The summed E-state index contributed by atoms with van der Waals surface area (Å²) in [6.07, 6.45) is 4.28. The number of carboxylic acids is 1. The second-order valence-electron chi connectivity index (χ2n) is 3.47. The summed E-state index contributed by atoms with van der Waals surface area (Å²) in [6.45, 7) is 2.14.